The summed E-state index contributed by atoms with van der Waals surface area (Å²) >= 11 is 5.93. The van der Waals surface area contributed by atoms with Crippen LogP contribution >= 0.6 is 11.6 Å². The normalized spacial score (nSPS) is 20.0. The fraction of sp³-hybridized carbons (Fsp3) is 0.556. The molecular formula is C18H22ClF3N4O. The van der Waals surface area contributed by atoms with Crippen LogP contribution in [-0.2, 0) is 6.18 Å². The molecule has 1 amide bonds. The highest BCUT2D eigenvalue weighted by molar-refractivity contribution is 6.33. The fourth-order valence-corrected chi connectivity index (χ4v) is 4.26. The Hall–Kier alpha value is -1.80. The molecule has 1 aliphatic rings. The smallest absolute Gasteiger partial charge is 0.348 e. The molecule has 2 aromatic heterocycles. The Morgan fingerprint density at radius 2 is 1.85 bits per heavy atom. The third-order valence-corrected chi connectivity index (χ3v) is 4.87. The van der Waals surface area contributed by atoms with E-state index >= 15 is 0 Å². The van der Waals surface area contributed by atoms with Gasteiger partial charge in [0.15, 0.2) is 5.65 Å². The van der Waals surface area contributed by atoms with E-state index in [1.807, 2.05) is 0 Å². The molecular weight excluding hydrogens is 381 g/mol. The van der Waals surface area contributed by atoms with Crippen molar-refractivity contribution in [3.63, 3.8) is 0 Å². The molecule has 27 heavy (non-hydrogen) atoms. The molecule has 9 heteroatoms. The first kappa shape index (κ1) is 19.9. The van der Waals surface area contributed by atoms with Crippen molar-refractivity contribution in [2.24, 2.45) is 0 Å². The Labute approximate surface area is 160 Å². The first-order valence-electron chi connectivity index (χ1n) is 8.61. The van der Waals surface area contributed by atoms with E-state index in [9.17, 15) is 18.0 Å². The minimum atomic E-state index is -4.53. The van der Waals surface area contributed by atoms with Crippen molar-refractivity contribution in [2.45, 2.75) is 63.8 Å². The lowest BCUT2D eigenvalue weighted by molar-refractivity contribution is -0.137. The van der Waals surface area contributed by atoms with Gasteiger partial charge in [-0.2, -0.15) is 13.2 Å². The van der Waals surface area contributed by atoms with Crippen LogP contribution in [0.5, 0.6) is 0 Å². The molecule has 2 N–H and O–H groups in total. The van der Waals surface area contributed by atoms with E-state index in [-0.39, 0.29) is 33.5 Å². The van der Waals surface area contributed by atoms with Gasteiger partial charge in [0.05, 0.1) is 10.6 Å². The van der Waals surface area contributed by atoms with Crippen LogP contribution in [0.1, 0.15) is 56.6 Å². The molecule has 3 rings (SSSR count). The number of rotatable bonds is 2. The largest absolute Gasteiger partial charge is 0.417 e. The van der Waals surface area contributed by atoms with Gasteiger partial charge in [-0.25, -0.2) is 4.98 Å². The molecule has 0 bridgehead atoms. The maximum absolute atomic E-state index is 12.9. The predicted molar refractivity (Wildman–Crippen MR) is 97.0 cm³/mol. The molecule has 5 nitrogen and oxygen atoms in total. The van der Waals surface area contributed by atoms with Gasteiger partial charge in [-0.15, -0.1) is 0 Å². The van der Waals surface area contributed by atoms with Gasteiger partial charge < -0.3 is 15.0 Å². The van der Waals surface area contributed by atoms with E-state index in [1.165, 1.54) is 6.20 Å². The number of nitrogens with zero attached hydrogens (tertiary/aromatic N) is 2. The number of imidazole rings is 1. The number of hydrogen-bond acceptors (Lipinski definition) is 3. The number of alkyl halides is 3. The first-order chi connectivity index (χ1) is 12.3. The Balaban J connectivity index is 1.85. The van der Waals surface area contributed by atoms with E-state index in [0.717, 1.165) is 29.5 Å². The third-order valence-electron chi connectivity index (χ3n) is 4.59. The lowest BCUT2D eigenvalue weighted by Crippen LogP contribution is -2.62. The van der Waals surface area contributed by atoms with Crippen molar-refractivity contribution in [1.82, 2.24) is 20.0 Å². The van der Waals surface area contributed by atoms with E-state index < -0.39 is 17.6 Å². The lowest BCUT2D eigenvalue weighted by Gasteiger charge is -2.46. The van der Waals surface area contributed by atoms with Gasteiger partial charge in [-0.1, -0.05) is 11.6 Å². The number of piperidine rings is 1. The highest BCUT2D eigenvalue weighted by Crippen LogP contribution is 2.32. The Kier molecular flexibility index (Phi) is 4.71. The summed E-state index contributed by atoms with van der Waals surface area (Å²) in [5.41, 5.74) is -1.05. The van der Waals surface area contributed by atoms with E-state index in [4.69, 9.17) is 11.6 Å². The third kappa shape index (κ3) is 4.38. The summed E-state index contributed by atoms with van der Waals surface area (Å²) in [5, 5.41) is 6.32. The number of aromatic nitrogens is 2. The van der Waals surface area contributed by atoms with Crippen LogP contribution in [-0.4, -0.2) is 32.4 Å². The van der Waals surface area contributed by atoms with Crippen molar-refractivity contribution in [3.8, 4) is 0 Å². The molecule has 1 fully saturated rings. The average Bonchev–Trinajstić information content (AvgIpc) is 2.87. The van der Waals surface area contributed by atoms with Crippen molar-refractivity contribution < 1.29 is 18.0 Å². The van der Waals surface area contributed by atoms with E-state index in [0.29, 0.717) is 0 Å². The first-order valence-corrected chi connectivity index (χ1v) is 8.99. The molecule has 148 valence electrons. The summed E-state index contributed by atoms with van der Waals surface area (Å²) in [4.78, 5) is 16.7. The van der Waals surface area contributed by atoms with E-state index in [2.05, 4.69) is 43.3 Å². The van der Waals surface area contributed by atoms with Gasteiger partial charge in [0, 0.05) is 29.5 Å². The van der Waals surface area contributed by atoms with Crippen molar-refractivity contribution in [1.29, 1.82) is 0 Å². The van der Waals surface area contributed by atoms with Gasteiger partial charge in [0.2, 0.25) is 0 Å². The molecule has 3 heterocycles. The maximum atomic E-state index is 12.9. The number of fused-ring (bicyclic) bond motifs is 1. The molecule has 0 aromatic carbocycles. The Bertz CT molecular complexity index is 873. The average molecular weight is 403 g/mol. The van der Waals surface area contributed by atoms with Gasteiger partial charge in [0.25, 0.3) is 5.91 Å². The molecule has 0 saturated carbocycles. The number of carbonyl (C=O) groups is 1. The highest BCUT2D eigenvalue weighted by atomic mass is 35.5. The zero-order valence-corrected chi connectivity index (χ0v) is 16.3. The summed E-state index contributed by atoms with van der Waals surface area (Å²) in [5.74, 6) is -0.429. The monoisotopic (exact) mass is 402 g/mol. The fourth-order valence-electron chi connectivity index (χ4n) is 4.01. The second-order valence-corrected chi connectivity index (χ2v) is 8.81. The van der Waals surface area contributed by atoms with Crippen LogP contribution in [0.15, 0.2) is 18.5 Å². The molecule has 1 aliphatic heterocycles. The van der Waals surface area contributed by atoms with Crippen LogP contribution < -0.4 is 10.6 Å². The Morgan fingerprint density at radius 1 is 1.26 bits per heavy atom. The van der Waals surface area contributed by atoms with Gasteiger partial charge >= 0.3 is 6.18 Å². The number of amides is 1. The zero-order valence-electron chi connectivity index (χ0n) is 15.5. The van der Waals surface area contributed by atoms with Crippen LogP contribution in [0.4, 0.5) is 13.2 Å². The minimum Gasteiger partial charge on any atom is -0.348 e. The van der Waals surface area contributed by atoms with Crippen LogP contribution in [0.25, 0.3) is 5.65 Å². The molecule has 0 atom stereocenters. The molecule has 2 aromatic rings. The number of carbonyl (C=O) groups excluding carboxylic acids is 1. The topological polar surface area (TPSA) is 58.4 Å². The van der Waals surface area contributed by atoms with Crippen molar-refractivity contribution in [2.75, 3.05) is 0 Å². The standard InChI is InChI=1S/C18H22ClF3N4O/c1-16(2)6-11(7-17(3,4)25-16)23-15(27)13-9-26-8-10(18(20,21)22)5-12(19)14(26)24-13/h5,8-9,11,25H,6-7H2,1-4H3,(H,23,27). The second kappa shape index (κ2) is 6.38. The number of halogens is 4. The second-order valence-electron chi connectivity index (χ2n) is 8.40. The van der Waals surface area contributed by atoms with Crippen LogP contribution in [0, 0.1) is 0 Å². The summed E-state index contributed by atoms with van der Waals surface area (Å²) in [7, 11) is 0. The van der Waals surface area contributed by atoms with Gasteiger partial charge in [0.1, 0.15) is 5.69 Å². The van der Waals surface area contributed by atoms with Crippen LogP contribution in [0.2, 0.25) is 5.02 Å². The summed E-state index contributed by atoms with van der Waals surface area (Å²) in [6, 6.07) is 0.735. The number of nitrogens with one attached hydrogen (secondary N) is 2. The van der Waals surface area contributed by atoms with Gasteiger partial charge in [-0.05, 0) is 46.6 Å². The predicted octanol–water partition coefficient (Wildman–Crippen LogP) is 4.05. The highest BCUT2D eigenvalue weighted by Gasteiger charge is 2.38. The van der Waals surface area contributed by atoms with Gasteiger partial charge in [-0.3, -0.25) is 4.79 Å². The van der Waals surface area contributed by atoms with Crippen molar-refractivity contribution >= 4 is 23.2 Å². The SMILES string of the molecule is CC1(C)CC(NC(=O)c2cn3cc(C(F)(F)F)cc(Cl)c3n2)CC(C)(C)N1. The summed E-state index contributed by atoms with van der Waals surface area (Å²) in [6.45, 7) is 8.26. The Morgan fingerprint density at radius 3 is 2.41 bits per heavy atom. The number of pyridine rings is 1. The molecule has 0 aliphatic carbocycles. The molecule has 0 spiro atoms. The summed E-state index contributed by atoms with van der Waals surface area (Å²) < 4.78 is 39.9. The minimum absolute atomic E-state index is 0.0327. The van der Waals surface area contributed by atoms with Crippen LogP contribution in [0.3, 0.4) is 0 Å². The maximum Gasteiger partial charge on any atom is 0.417 e. The molecule has 1 saturated heterocycles. The lowest BCUT2D eigenvalue weighted by atomic mass is 9.79. The van der Waals surface area contributed by atoms with Crippen molar-refractivity contribution in [3.05, 3.63) is 34.7 Å². The zero-order chi connectivity index (χ0) is 20.2. The molecule has 0 radical (unpaired) electrons. The quantitative estimate of drug-likeness (QED) is 0.796. The van der Waals surface area contributed by atoms with E-state index in [1.54, 1.807) is 0 Å². The summed E-state index contributed by atoms with van der Waals surface area (Å²) in [6.07, 6.45) is -0.926. The number of hydrogen-bond donors (Lipinski definition) is 2. The molecule has 0 unspecified atom stereocenters.